The van der Waals surface area contributed by atoms with Crippen LogP contribution >= 0.6 is 0 Å². The van der Waals surface area contributed by atoms with Crippen LogP contribution in [0.25, 0.3) is 0 Å². The van der Waals surface area contributed by atoms with Gasteiger partial charge < -0.3 is 15.8 Å². The summed E-state index contributed by atoms with van der Waals surface area (Å²) in [7, 11) is 1.87. The van der Waals surface area contributed by atoms with Crippen LogP contribution in [0.4, 0.5) is 0 Å². The molecule has 64 valence electrons. The van der Waals surface area contributed by atoms with Gasteiger partial charge in [0.25, 0.3) is 0 Å². The van der Waals surface area contributed by atoms with Crippen molar-refractivity contribution in [2.24, 2.45) is 10.9 Å². The lowest BCUT2D eigenvalue weighted by Gasteiger charge is -2.23. The number of hydrogen-bond acceptors (Lipinski definition) is 2. The lowest BCUT2D eigenvalue weighted by atomic mass is 10.2. The molecule has 0 amide bonds. The van der Waals surface area contributed by atoms with Crippen molar-refractivity contribution in [1.82, 2.24) is 4.90 Å². The molecule has 0 radical (unpaired) electrons. The van der Waals surface area contributed by atoms with Gasteiger partial charge in [0, 0.05) is 13.1 Å². The van der Waals surface area contributed by atoms with Crippen LogP contribution in [0, 0.1) is 0 Å². The second kappa shape index (κ2) is 3.46. The molecule has 0 unspecified atom stereocenters. The highest BCUT2D eigenvalue weighted by molar-refractivity contribution is 5.77. The minimum atomic E-state index is 0.219. The molecule has 0 saturated heterocycles. The topological polar surface area (TPSA) is 61.8 Å². The molecule has 0 aromatic heterocycles. The third-order valence-corrected chi connectivity index (χ3v) is 2.34. The van der Waals surface area contributed by atoms with Crippen molar-refractivity contribution in [3.05, 3.63) is 0 Å². The van der Waals surface area contributed by atoms with Gasteiger partial charge in [0.15, 0.2) is 0 Å². The van der Waals surface area contributed by atoms with Crippen LogP contribution in [0.1, 0.15) is 25.7 Å². The Balaban J connectivity index is 2.45. The second-order valence-electron chi connectivity index (χ2n) is 3.01. The first-order valence-corrected chi connectivity index (χ1v) is 3.96. The zero-order chi connectivity index (χ0) is 8.27. The Morgan fingerprint density at radius 3 is 2.55 bits per heavy atom. The maximum absolute atomic E-state index is 8.39. The molecule has 3 N–H and O–H groups in total. The summed E-state index contributed by atoms with van der Waals surface area (Å²) in [6.45, 7) is 0. The van der Waals surface area contributed by atoms with Gasteiger partial charge in [-0.3, -0.25) is 0 Å². The van der Waals surface area contributed by atoms with E-state index in [1.165, 1.54) is 12.8 Å². The van der Waals surface area contributed by atoms with E-state index in [0.29, 0.717) is 6.04 Å². The van der Waals surface area contributed by atoms with Gasteiger partial charge in [-0.1, -0.05) is 18.0 Å². The standard InChI is InChI=1S/C7H15N3O/c1-10(7(8)9-11)6-4-2-3-5-6/h6,11H,2-5H2,1H3,(H2,8,9). The minimum absolute atomic E-state index is 0.219. The fourth-order valence-corrected chi connectivity index (χ4v) is 1.55. The molecule has 0 aromatic carbocycles. The Labute approximate surface area is 66.7 Å². The van der Waals surface area contributed by atoms with E-state index < -0.39 is 0 Å². The Morgan fingerprint density at radius 2 is 2.09 bits per heavy atom. The average Bonchev–Trinajstić information content (AvgIpc) is 2.53. The predicted octanol–water partition coefficient (Wildman–Crippen LogP) is 0.565. The van der Waals surface area contributed by atoms with Crippen molar-refractivity contribution in [2.45, 2.75) is 31.7 Å². The van der Waals surface area contributed by atoms with Crippen molar-refractivity contribution >= 4 is 5.96 Å². The molecule has 1 aliphatic rings. The molecule has 1 saturated carbocycles. The van der Waals surface area contributed by atoms with Gasteiger partial charge in [-0.15, -0.1) is 0 Å². The van der Waals surface area contributed by atoms with Crippen LogP contribution in [0.15, 0.2) is 5.16 Å². The van der Waals surface area contributed by atoms with E-state index in [1.54, 1.807) is 0 Å². The summed E-state index contributed by atoms with van der Waals surface area (Å²) in [5, 5.41) is 11.3. The van der Waals surface area contributed by atoms with E-state index in [1.807, 2.05) is 11.9 Å². The molecular weight excluding hydrogens is 142 g/mol. The van der Waals surface area contributed by atoms with Crippen LogP contribution in [0.2, 0.25) is 0 Å². The van der Waals surface area contributed by atoms with E-state index in [0.717, 1.165) is 12.8 Å². The van der Waals surface area contributed by atoms with E-state index in [-0.39, 0.29) is 5.96 Å². The number of nitrogens with two attached hydrogens (primary N) is 1. The van der Waals surface area contributed by atoms with Crippen LogP contribution < -0.4 is 5.73 Å². The van der Waals surface area contributed by atoms with Gasteiger partial charge in [-0.25, -0.2) is 0 Å². The highest BCUT2D eigenvalue weighted by Crippen LogP contribution is 2.21. The number of nitrogens with zero attached hydrogens (tertiary/aromatic N) is 2. The molecular formula is C7H15N3O. The van der Waals surface area contributed by atoms with Crippen molar-refractivity contribution in [1.29, 1.82) is 0 Å². The summed E-state index contributed by atoms with van der Waals surface area (Å²) in [6, 6.07) is 0.478. The van der Waals surface area contributed by atoms with Crippen LogP contribution in [-0.2, 0) is 0 Å². The normalized spacial score (nSPS) is 20.6. The molecule has 0 aromatic rings. The zero-order valence-corrected chi connectivity index (χ0v) is 6.82. The Bertz CT molecular complexity index is 152. The Hall–Kier alpha value is -0.930. The SMILES string of the molecule is CN(/C(N)=N/O)C1CCCC1. The summed E-state index contributed by atoms with van der Waals surface area (Å²) in [4.78, 5) is 1.84. The molecule has 4 nitrogen and oxygen atoms in total. The molecule has 0 heterocycles. The predicted molar refractivity (Wildman–Crippen MR) is 43.4 cm³/mol. The third-order valence-electron chi connectivity index (χ3n) is 2.34. The monoisotopic (exact) mass is 157 g/mol. The van der Waals surface area contributed by atoms with E-state index >= 15 is 0 Å². The molecule has 0 spiro atoms. The number of rotatable bonds is 1. The van der Waals surface area contributed by atoms with Crippen molar-refractivity contribution < 1.29 is 5.21 Å². The minimum Gasteiger partial charge on any atom is -0.408 e. The molecule has 1 fully saturated rings. The molecule has 4 heteroatoms. The molecule has 1 aliphatic carbocycles. The lowest BCUT2D eigenvalue weighted by Crippen LogP contribution is -2.40. The van der Waals surface area contributed by atoms with Crippen molar-refractivity contribution in [3.63, 3.8) is 0 Å². The summed E-state index contributed by atoms with van der Waals surface area (Å²) >= 11 is 0. The maximum Gasteiger partial charge on any atom is 0.233 e. The van der Waals surface area contributed by atoms with E-state index in [4.69, 9.17) is 10.9 Å². The van der Waals surface area contributed by atoms with Gasteiger partial charge in [-0.05, 0) is 12.8 Å². The van der Waals surface area contributed by atoms with Crippen LogP contribution in [0.3, 0.4) is 0 Å². The van der Waals surface area contributed by atoms with Crippen LogP contribution in [0.5, 0.6) is 0 Å². The van der Waals surface area contributed by atoms with Gasteiger partial charge in [-0.2, -0.15) is 0 Å². The Kier molecular flexibility index (Phi) is 2.57. The molecule has 0 bridgehead atoms. The highest BCUT2D eigenvalue weighted by Gasteiger charge is 2.20. The number of oxime groups is 1. The summed E-state index contributed by atoms with van der Waals surface area (Å²) in [6.07, 6.45) is 4.83. The van der Waals surface area contributed by atoms with E-state index in [9.17, 15) is 0 Å². The number of hydrogen-bond donors (Lipinski definition) is 2. The molecule has 0 atom stereocenters. The zero-order valence-electron chi connectivity index (χ0n) is 6.82. The van der Waals surface area contributed by atoms with Gasteiger partial charge >= 0.3 is 0 Å². The quantitative estimate of drug-likeness (QED) is 0.253. The van der Waals surface area contributed by atoms with E-state index in [2.05, 4.69) is 5.16 Å². The molecule has 1 rings (SSSR count). The van der Waals surface area contributed by atoms with Gasteiger partial charge in [0.2, 0.25) is 5.96 Å². The maximum atomic E-state index is 8.39. The van der Waals surface area contributed by atoms with Crippen molar-refractivity contribution in [2.75, 3.05) is 7.05 Å². The summed E-state index contributed by atoms with van der Waals surface area (Å²) in [5.74, 6) is 0.219. The first kappa shape index (κ1) is 8.17. The van der Waals surface area contributed by atoms with Gasteiger partial charge in [0.05, 0.1) is 0 Å². The summed E-state index contributed by atoms with van der Waals surface area (Å²) in [5.41, 5.74) is 5.42. The number of guanidine groups is 1. The highest BCUT2D eigenvalue weighted by atomic mass is 16.4. The first-order valence-electron chi connectivity index (χ1n) is 3.96. The fourth-order valence-electron chi connectivity index (χ4n) is 1.55. The fraction of sp³-hybridized carbons (Fsp3) is 0.857. The average molecular weight is 157 g/mol. The largest absolute Gasteiger partial charge is 0.408 e. The summed E-state index contributed by atoms with van der Waals surface area (Å²) < 4.78 is 0. The first-order chi connectivity index (χ1) is 5.25. The van der Waals surface area contributed by atoms with Gasteiger partial charge in [0.1, 0.15) is 0 Å². The molecule has 11 heavy (non-hydrogen) atoms. The second-order valence-corrected chi connectivity index (χ2v) is 3.01. The molecule has 0 aliphatic heterocycles. The lowest BCUT2D eigenvalue weighted by molar-refractivity contribution is 0.289. The Morgan fingerprint density at radius 1 is 1.55 bits per heavy atom. The van der Waals surface area contributed by atoms with Crippen molar-refractivity contribution in [3.8, 4) is 0 Å². The third kappa shape index (κ3) is 1.76. The van der Waals surface area contributed by atoms with Crippen LogP contribution in [-0.4, -0.2) is 29.2 Å². The smallest absolute Gasteiger partial charge is 0.233 e.